The lowest BCUT2D eigenvalue weighted by atomic mass is 10.0. The second kappa shape index (κ2) is 6.14. The van der Waals surface area contributed by atoms with Gasteiger partial charge in [0.1, 0.15) is 11.4 Å². The molecule has 1 atom stereocenters. The number of hydrogen-bond donors (Lipinski definition) is 1. The zero-order valence-corrected chi connectivity index (χ0v) is 12.5. The summed E-state index contributed by atoms with van der Waals surface area (Å²) in [7, 11) is 2.03. The van der Waals surface area contributed by atoms with Crippen LogP contribution in [-0.2, 0) is 13.5 Å². The molecule has 110 valence electrons. The van der Waals surface area contributed by atoms with Crippen LogP contribution in [-0.4, -0.2) is 16.1 Å². The van der Waals surface area contributed by atoms with Crippen molar-refractivity contribution < 1.29 is 4.42 Å². The summed E-state index contributed by atoms with van der Waals surface area (Å²) in [5.74, 6) is 1.08. The van der Waals surface area contributed by atoms with E-state index >= 15 is 0 Å². The molecule has 0 saturated heterocycles. The Morgan fingerprint density at radius 1 is 1.33 bits per heavy atom. The summed E-state index contributed by atoms with van der Waals surface area (Å²) in [6.45, 7) is 3.16. The van der Waals surface area contributed by atoms with Crippen LogP contribution in [0.2, 0.25) is 0 Å². The molecule has 2 heterocycles. The van der Waals surface area contributed by atoms with E-state index in [2.05, 4.69) is 33.9 Å². The van der Waals surface area contributed by atoms with Crippen molar-refractivity contribution in [1.82, 2.24) is 14.9 Å². The smallest absolute Gasteiger partial charge is 0.134 e. The summed E-state index contributed by atoms with van der Waals surface area (Å²) >= 11 is 0. The molecule has 4 heteroatoms. The molecule has 0 bridgehead atoms. The van der Waals surface area contributed by atoms with E-state index in [0.29, 0.717) is 0 Å². The third-order valence-corrected chi connectivity index (χ3v) is 3.83. The molecule has 0 spiro atoms. The molecule has 3 rings (SSSR count). The molecule has 0 aliphatic carbocycles. The van der Waals surface area contributed by atoms with E-state index in [1.54, 1.807) is 0 Å². The quantitative estimate of drug-likeness (QED) is 0.753. The lowest BCUT2D eigenvalue weighted by Gasteiger charge is -2.17. The predicted molar refractivity (Wildman–Crippen MR) is 84.2 cm³/mol. The van der Waals surface area contributed by atoms with Crippen LogP contribution >= 0.6 is 0 Å². The van der Waals surface area contributed by atoms with Gasteiger partial charge < -0.3 is 14.3 Å². The minimum Gasteiger partial charge on any atom is -0.464 e. The van der Waals surface area contributed by atoms with Crippen LogP contribution in [0.15, 0.2) is 47.3 Å². The minimum atomic E-state index is 0.217. The van der Waals surface area contributed by atoms with Gasteiger partial charge in [-0.05, 0) is 19.0 Å². The van der Waals surface area contributed by atoms with Gasteiger partial charge in [0.25, 0.3) is 0 Å². The standard InChI is InChI=1S/C17H21N3O/c1-3-8-18-15(11-17-19-9-10-20(17)2)14-12-21-16-7-5-4-6-13(14)16/h4-7,9-10,12,15,18H,3,8,11H2,1-2H3. The maximum atomic E-state index is 5.69. The van der Waals surface area contributed by atoms with Gasteiger partial charge in [-0.15, -0.1) is 0 Å². The first kappa shape index (κ1) is 13.9. The van der Waals surface area contributed by atoms with Crippen LogP contribution in [0.5, 0.6) is 0 Å². The second-order valence-corrected chi connectivity index (χ2v) is 5.35. The van der Waals surface area contributed by atoms with Crippen molar-refractivity contribution in [2.45, 2.75) is 25.8 Å². The lowest BCUT2D eigenvalue weighted by Crippen LogP contribution is -2.25. The number of imidazole rings is 1. The number of para-hydroxylation sites is 1. The number of furan rings is 1. The van der Waals surface area contributed by atoms with E-state index in [4.69, 9.17) is 4.42 Å². The van der Waals surface area contributed by atoms with Crippen molar-refractivity contribution in [3.8, 4) is 0 Å². The third-order valence-electron chi connectivity index (χ3n) is 3.83. The van der Waals surface area contributed by atoms with Crippen LogP contribution in [0.25, 0.3) is 11.0 Å². The first-order valence-electron chi connectivity index (χ1n) is 7.45. The van der Waals surface area contributed by atoms with E-state index in [0.717, 1.165) is 30.8 Å². The van der Waals surface area contributed by atoms with Gasteiger partial charge in [0.05, 0.1) is 6.26 Å². The van der Waals surface area contributed by atoms with Gasteiger partial charge in [0.2, 0.25) is 0 Å². The Morgan fingerprint density at radius 3 is 2.95 bits per heavy atom. The van der Waals surface area contributed by atoms with Crippen molar-refractivity contribution in [3.63, 3.8) is 0 Å². The van der Waals surface area contributed by atoms with Gasteiger partial charge in [-0.1, -0.05) is 25.1 Å². The molecule has 1 unspecified atom stereocenters. The molecule has 0 radical (unpaired) electrons. The van der Waals surface area contributed by atoms with Gasteiger partial charge >= 0.3 is 0 Å². The Hall–Kier alpha value is -2.07. The Kier molecular flexibility index (Phi) is 4.06. The number of aryl methyl sites for hydroxylation is 1. The fourth-order valence-corrected chi connectivity index (χ4v) is 2.65. The number of rotatable bonds is 6. The number of nitrogens with one attached hydrogen (secondary N) is 1. The van der Waals surface area contributed by atoms with Crippen molar-refractivity contribution >= 4 is 11.0 Å². The normalized spacial score (nSPS) is 12.9. The molecule has 1 N–H and O–H groups in total. The van der Waals surface area contributed by atoms with Crippen molar-refractivity contribution in [2.75, 3.05) is 6.54 Å². The van der Waals surface area contributed by atoms with Gasteiger partial charge in [-0.25, -0.2) is 4.98 Å². The van der Waals surface area contributed by atoms with Crippen LogP contribution in [0.4, 0.5) is 0 Å². The molecule has 21 heavy (non-hydrogen) atoms. The van der Waals surface area contributed by atoms with Gasteiger partial charge in [0.15, 0.2) is 0 Å². The van der Waals surface area contributed by atoms with Crippen molar-refractivity contribution in [3.05, 3.63) is 54.3 Å². The van der Waals surface area contributed by atoms with Crippen molar-refractivity contribution in [2.24, 2.45) is 7.05 Å². The summed E-state index contributed by atoms with van der Waals surface area (Å²) in [6, 6.07) is 8.40. The van der Waals surface area contributed by atoms with Gasteiger partial charge in [0, 0.05) is 42.9 Å². The van der Waals surface area contributed by atoms with E-state index in [1.165, 1.54) is 10.9 Å². The molecule has 0 fully saturated rings. The largest absolute Gasteiger partial charge is 0.464 e. The Labute approximate surface area is 124 Å². The topological polar surface area (TPSA) is 43.0 Å². The summed E-state index contributed by atoms with van der Waals surface area (Å²) in [5, 5.41) is 4.80. The number of aromatic nitrogens is 2. The minimum absolute atomic E-state index is 0.217. The summed E-state index contributed by atoms with van der Waals surface area (Å²) in [5.41, 5.74) is 2.15. The maximum Gasteiger partial charge on any atom is 0.134 e. The predicted octanol–water partition coefficient (Wildman–Crippen LogP) is 3.45. The molecule has 4 nitrogen and oxygen atoms in total. The monoisotopic (exact) mass is 283 g/mol. The Morgan fingerprint density at radius 2 is 2.19 bits per heavy atom. The first-order valence-corrected chi connectivity index (χ1v) is 7.45. The summed E-state index contributed by atoms with van der Waals surface area (Å²) in [6.07, 6.45) is 7.67. The van der Waals surface area contributed by atoms with Crippen LogP contribution in [0.3, 0.4) is 0 Å². The molecule has 0 aliphatic heterocycles. The summed E-state index contributed by atoms with van der Waals surface area (Å²) < 4.78 is 7.76. The van der Waals surface area contributed by atoms with E-state index in [-0.39, 0.29) is 6.04 Å². The van der Waals surface area contributed by atoms with Crippen LogP contribution in [0, 0.1) is 0 Å². The highest BCUT2D eigenvalue weighted by molar-refractivity contribution is 5.81. The molecule has 1 aromatic carbocycles. The third kappa shape index (κ3) is 2.85. The average molecular weight is 283 g/mol. The first-order chi connectivity index (χ1) is 10.3. The van der Waals surface area contributed by atoms with Crippen LogP contribution in [0.1, 0.15) is 30.8 Å². The number of hydrogen-bond acceptors (Lipinski definition) is 3. The number of fused-ring (bicyclic) bond motifs is 1. The van der Waals surface area contributed by atoms with Crippen molar-refractivity contribution in [1.29, 1.82) is 0 Å². The van der Waals surface area contributed by atoms with E-state index in [9.17, 15) is 0 Å². The second-order valence-electron chi connectivity index (χ2n) is 5.35. The molecule has 3 aromatic rings. The van der Waals surface area contributed by atoms with Gasteiger partial charge in [-0.3, -0.25) is 0 Å². The zero-order valence-electron chi connectivity index (χ0n) is 12.5. The highest BCUT2D eigenvalue weighted by Gasteiger charge is 2.18. The maximum absolute atomic E-state index is 5.69. The summed E-state index contributed by atoms with van der Waals surface area (Å²) in [4.78, 5) is 4.45. The molecule has 0 saturated carbocycles. The molecule has 0 amide bonds. The van der Waals surface area contributed by atoms with E-state index in [1.807, 2.05) is 37.8 Å². The zero-order chi connectivity index (χ0) is 14.7. The fraction of sp³-hybridized carbons (Fsp3) is 0.353. The highest BCUT2D eigenvalue weighted by atomic mass is 16.3. The SMILES string of the molecule is CCCNC(Cc1nccn1C)c1coc2ccccc12. The Balaban J connectivity index is 1.93. The average Bonchev–Trinajstić information content (AvgIpc) is 3.10. The fourth-order valence-electron chi connectivity index (χ4n) is 2.65. The number of benzene rings is 1. The molecular formula is C17H21N3O. The van der Waals surface area contributed by atoms with Gasteiger partial charge in [-0.2, -0.15) is 0 Å². The molecule has 2 aromatic heterocycles. The Bertz CT molecular complexity index is 713. The molecule has 0 aliphatic rings. The highest BCUT2D eigenvalue weighted by Crippen LogP contribution is 2.28. The lowest BCUT2D eigenvalue weighted by molar-refractivity contribution is 0.504. The van der Waals surface area contributed by atoms with Crippen LogP contribution < -0.4 is 5.32 Å². The van der Waals surface area contributed by atoms with E-state index < -0.39 is 0 Å². The molecular weight excluding hydrogens is 262 g/mol. The number of nitrogens with zero attached hydrogens (tertiary/aromatic N) is 2.